The van der Waals surface area contributed by atoms with Gasteiger partial charge in [-0.25, -0.2) is 0 Å². The summed E-state index contributed by atoms with van der Waals surface area (Å²) in [4.78, 5) is 13.5. The van der Waals surface area contributed by atoms with Gasteiger partial charge in [0.1, 0.15) is 0 Å². The quantitative estimate of drug-likeness (QED) is 0.652. The maximum absolute atomic E-state index is 10.8. The van der Waals surface area contributed by atoms with E-state index in [1.165, 1.54) is 5.56 Å². The second-order valence-electron chi connectivity index (χ2n) is 3.09. The van der Waals surface area contributed by atoms with Crippen molar-refractivity contribution in [2.75, 3.05) is 0 Å². The molecule has 0 aliphatic heterocycles. The molecule has 1 heterocycles. The molecule has 1 aromatic rings. The fourth-order valence-corrected chi connectivity index (χ4v) is 1.21. The van der Waals surface area contributed by atoms with Gasteiger partial charge in [0.05, 0.1) is 0 Å². The van der Waals surface area contributed by atoms with Gasteiger partial charge in [0.15, 0.2) is 0 Å². The summed E-state index contributed by atoms with van der Waals surface area (Å²) in [6, 6.07) is 1.63. The number of aromatic nitrogens is 1. The van der Waals surface area contributed by atoms with Gasteiger partial charge in [0.25, 0.3) is 0 Å². The minimum atomic E-state index is -0.0214. The van der Waals surface area contributed by atoms with Crippen molar-refractivity contribution in [1.82, 2.24) is 4.98 Å². The molecule has 1 rings (SSSR count). The third kappa shape index (κ3) is 1.70. The van der Waals surface area contributed by atoms with Crippen LogP contribution in [0.15, 0.2) is 17.1 Å². The number of rotatable bonds is 1. The van der Waals surface area contributed by atoms with E-state index in [1.54, 1.807) is 12.3 Å². The van der Waals surface area contributed by atoms with Gasteiger partial charge in [-0.3, -0.25) is 4.79 Å². The number of aromatic amines is 1. The van der Waals surface area contributed by atoms with Gasteiger partial charge in [-0.2, -0.15) is 0 Å². The number of H-pyrrole nitrogens is 1. The van der Waals surface area contributed by atoms with E-state index in [2.05, 4.69) is 18.8 Å². The summed E-state index contributed by atoms with van der Waals surface area (Å²) in [5, 5.41) is 0. The van der Waals surface area contributed by atoms with Crippen molar-refractivity contribution in [3.05, 3.63) is 33.7 Å². The Morgan fingerprint density at radius 2 is 2.09 bits per heavy atom. The Balaban J connectivity index is 3.20. The highest BCUT2D eigenvalue weighted by atomic mass is 16.1. The Labute approximate surface area is 66.3 Å². The van der Waals surface area contributed by atoms with Crippen LogP contribution in [-0.2, 0) is 0 Å². The maximum atomic E-state index is 10.8. The van der Waals surface area contributed by atoms with Crippen LogP contribution in [0, 0.1) is 6.92 Å². The number of hydrogen-bond donors (Lipinski definition) is 1. The smallest absolute Gasteiger partial charge is 0.248 e. The van der Waals surface area contributed by atoms with E-state index in [-0.39, 0.29) is 5.56 Å². The average molecular weight is 151 g/mol. The molecule has 2 nitrogen and oxygen atoms in total. The zero-order chi connectivity index (χ0) is 8.43. The van der Waals surface area contributed by atoms with Crippen molar-refractivity contribution in [3.63, 3.8) is 0 Å². The van der Waals surface area contributed by atoms with Crippen LogP contribution in [0.25, 0.3) is 0 Å². The van der Waals surface area contributed by atoms with Gasteiger partial charge in [-0.1, -0.05) is 13.8 Å². The van der Waals surface area contributed by atoms with Crippen LogP contribution in [0.3, 0.4) is 0 Å². The van der Waals surface area contributed by atoms with Crippen molar-refractivity contribution in [2.45, 2.75) is 26.7 Å². The lowest BCUT2D eigenvalue weighted by molar-refractivity contribution is 0.844. The molecule has 60 valence electrons. The first-order valence-corrected chi connectivity index (χ1v) is 3.80. The summed E-state index contributed by atoms with van der Waals surface area (Å²) in [5.41, 5.74) is 2.26. The van der Waals surface area contributed by atoms with E-state index < -0.39 is 0 Å². The van der Waals surface area contributed by atoms with E-state index in [0.717, 1.165) is 5.56 Å². The summed E-state index contributed by atoms with van der Waals surface area (Å²) in [7, 11) is 0. The van der Waals surface area contributed by atoms with Crippen LogP contribution in [0.1, 0.15) is 30.9 Å². The van der Waals surface area contributed by atoms with Gasteiger partial charge >= 0.3 is 0 Å². The zero-order valence-electron chi connectivity index (χ0n) is 7.14. The molecule has 0 atom stereocenters. The number of nitrogens with one attached hydrogen (secondary N) is 1. The maximum Gasteiger partial charge on any atom is 0.248 e. The van der Waals surface area contributed by atoms with Crippen molar-refractivity contribution in [3.8, 4) is 0 Å². The van der Waals surface area contributed by atoms with E-state index in [4.69, 9.17) is 0 Å². The van der Waals surface area contributed by atoms with Crippen LogP contribution in [0.2, 0.25) is 0 Å². The van der Waals surface area contributed by atoms with E-state index in [1.807, 2.05) is 6.92 Å². The largest absolute Gasteiger partial charge is 0.329 e. The Morgan fingerprint density at radius 1 is 1.45 bits per heavy atom. The number of aryl methyl sites for hydroxylation is 1. The highest BCUT2D eigenvalue weighted by Gasteiger charge is 2.01. The predicted octanol–water partition coefficient (Wildman–Crippen LogP) is 1.81. The summed E-state index contributed by atoms with van der Waals surface area (Å²) >= 11 is 0. The molecule has 2 heteroatoms. The first-order chi connectivity index (χ1) is 5.11. The normalized spacial score (nSPS) is 10.5. The van der Waals surface area contributed by atoms with Gasteiger partial charge in [0, 0.05) is 12.3 Å². The number of pyridine rings is 1. The van der Waals surface area contributed by atoms with Gasteiger partial charge in [-0.05, 0) is 24.0 Å². The Morgan fingerprint density at radius 3 is 2.55 bits per heavy atom. The van der Waals surface area contributed by atoms with Gasteiger partial charge < -0.3 is 4.98 Å². The SMILES string of the molecule is Cc1cc(=O)[nH]cc1C(C)C. The third-order valence-electron chi connectivity index (χ3n) is 1.79. The second kappa shape index (κ2) is 2.91. The highest BCUT2D eigenvalue weighted by Crippen LogP contribution is 2.14. The van der Waals surface area contributed by atoms with Crippen LogP contribution >= 0.6 is 0 Å². The van der Waals surface area contributed by atoms with Crippen molar-refractivity contribution < 1.29 is 0 Å². The van der Waals surface area contributed by atoms with Crippen molar-refractivity contribution >= 4 is 0 Å². The van der Waals surface area contributed by atoms with E-state index in [9.17, 15) is 4.79 Å². The average Bonchev–Trinajstić information content (AvgIpc) is 1.85. The lowest BCUT2D eigenvalue weighted by atomic mass is 10.0. The van der Waals surface area contributed by atoms with Gasteiger partial charge in [0.2, 0.25) is 5.56 Å². The molecule has 0 bridgehead atoms. The molecule has 0 aliphatic rings. The Kier molecular flexibility index (Phi) is 2.13. The summed E-state index contributed by atoms with van der Waals surface area (Å²) in [6.07, 6.45) is 1.79. The zero-order valence-corrected chi connectivity index (χ0v) is 7.14. The number of hydrogen-bond acceptors (Lipinski definition) is 1. The molecule has 0 saturated carbocycles. The molecule has 1 N–H and O–H groups in total. The molecule has 0 fully saturated rings. The standard InChI is InChI=1S/C9H13NO/c1-6(2)8-5-10-9(11)4-7(8)3/h4-6H,1-3H3,(H,10,11). The van der Waals surface area contributed by atoms with Crippen LogP contribution in [-0.4, -0.2) is 4.98 Å². The minimum Gasteiger partial charge on any atom is -0.329 e. The molecule has 0 aliphatic carbocycles. The first-order valence-electron chi connectivity index (χ1n) is 3.80. The van der Waals surface area contributed by atoms with Crippen molar-refractivity contribution in [1.29, 1.82) is 0 Å². The Hall–Kier alpha value is -1.05. The predicted molar refractivity (Wildman–Crippen MR) is 45.9 cm³/mol. The molecule has 1 aromatic heterocycles. The summed E-state index contributed by atoms with van der Waals surface area (Å²) < 4.78 is 0. The molecule has 0 saturated heterocycles. The summed E-state index contributed by atoms with van der Waals surface area (Å²) in [5.74, 6) is 0.479. The fraction of sp³-hybridized carbons (Fsp3) is 0.444. The first kappa shape index (κ1) is 8.05. The fourth-order valence-electron chi connectivity index (χ4n) is 1.21. The lowest BCUT2D eigenvalue weighted by Crippen LogP contribution is -2.06. The molecular weight excluding hydrogens is 138 g/mol. The van der Waals surface area contributed by atoms with Crippen molar-refractivity contribution in [2.24, 2.45) is 0 Å². The van der Waals surface area contributed by atoms with Crippen LogP contribution in [0.4, 0.5) is 0 Å². The van der Waals surface area contributed by atoms with Gasteiger partial charge in [-0.15, -0.1) is 0 Å². The molecule has 0 unspecified atom stereocenters. The van der Waals surface area contributed by atoms with Crippen LogP contribution in [0.5, 0.6) is 0 Å². The topological polar surface area (TPSA) is 32.9 Å². The molecular formula is C9H13NO. The minimum absolute atomic E-state index is 0.0214. The Bertz CT molecular complexity index is 299. The highest BCUT2D eigenvalue weighted by molar-refractivity contribution is 5.24. The molecule has 0 amide bonds. The summed E-state index contributed by atoms with van der Waals surface area (Å²) in [6.45, 7) is 6.19. The molecule has 0 radical (unpaired) electrons. The lowest BCUT2D eigenvalue weighted by Gasteiger charge is -2.06. The van der Waals surface area contributed by atoms with Crippen LogP contribution < -0.4 is 5.56 Å². The van der Waals surface area contributed by atoms with E-state index in [0.29, 0.717) is 5.92 Å². The molecule has 11 heavy (non-hydrogen) atoms. The molecule has 0 aromatic carbocycles. The van der Waals surface area contributed by atoms with E-state index >= 15 is 0 Å². The second-order valence-corrected chi connectivity index (χ2v) is 3.09. The molecule has 0 spiro atoms. The third-order valence-corrected chi connectivity index (χ3v) is 1.79. The monoisotopic (exact) mass is 151 g/mol.